The maximum absolute atomic E-state index is 11.2. The molecule has 0 aliphatic heterocycles. The minimum absolute atomic E-state index is 0.307. The number of nitrogens with one attached hydrogen (secondary N) is 1. The highest BCUT2D eigenvalue weighted by Crippen LogP contribution is 2.17. The van der Waals surface area contributed by atoms with Gasteiger partial charge in [0.25, 0.3) is 0 Å². The molecule has 3 N–H and O–H groups in total. The molecule has 0 aromatic heterocycles. The Hall–Kier alpha value is -2.43. The lowest BCUT2D eigenvalue weighted by molar-refractivity contribution is 0.152. The van der Waals surface area contributed by atoms with E-state index < -0.39 is 0 Å². The smallest absolute Gasteiger partial charge is 0.407 e. The van der Waals surface area contributed by atoms with Gasteiger partial charge in [0, 0.05) is 12.2 Å². The van der Waals surface area contributed by atoms with E-state index in [1.165, 1.54) is 0 Å². The van der Waals surface area contributed by atoms with Crippen molar-refractivity contribution in [3.63, 3.8) is 0 Å². The summed E-state index contributed by atoms with van der Waals surface area (Å²) in [5.41, 5.74) is 6.36. The van der Waals surface area contributed by atoms with Gasteiger partial charge in [-0.05, 0) is 62.6 Å². The predicted octanol–water partition coefficient (Wildman–Crippen LogP) is 3.88. The summed E-state index contributed by atoms with van der Waals surface area (Å²) in [7, 11) is 0. The number of ether oxygens (including phenoxy) is 2. The van der Waals surface area contributed by atoms with Crippen molar-refractivity contribution in [2.45, 2.75) is 27.2 Å². The number of nitrogen functional groups attached to an aromatic ring is 1. The van der Waals surface area contributed by atoms with Crippen molar-refractivity contribution in [3.05, 3.63) is 48.3 Å². The van der Waals surface area contributed by atoms with E-state index in [1.807, 2.05) is 31.2 Å². The number of hydrogen-bond acceptors (Lipinski definition) is 4. The van der Waals surface area contributed by atoms with Gasteiger partial charge in [-0.25, -0.2) is 4.79 Å². The molecule has 0 heterocycles. The molecule has 1 aromatic carbocycles. The molecule has 0 radical (unpaired) electrons. The first kappa shape index (κ1) is 18.6. The largest absolute Gasteiger partial charge is 0.458 e. The molecule has 1 atom stereocenters. The molecule has 5 heteroatoms. The summed E-state index contributed by atoms with van der Waals surface area (Å²) >= 11 is 0. The first-order valence-electron chi connectivity index (χ1n) is 7.83. The zero-order valence-electron chi connectivity index (χ0n) is 14.0. The van der Waals surface area contributed by atoms with Gasteiger partial charge in [0.2, 0.25) is 0 Å². The van der Waals surface area contributed by atoms with E-state index in [-0.39, 0.29) is 6.09 Å². The van der Waals surface area contributed by atoms with Crippen molar-refractivity contribution >= 4 is 11.8 Å². The minimum atomic E-state index is -0.371. The quantitative estimate of drug-likeness (QED) is 0.433. The molecular formula is C18H26N2O3. The number of benzene rings is 1. The standard InChI is InChI=1S/C18H26N2O3/c1-4-16(23-17-10-7-15(19)8-11-17)9-6-14(3)12-13-20-18(21)22-5-2/h4,6-11,14H,5,12-13,19H2,1-3H3,(H,20,21)/b9-6-,16-4+. The van der Waals surface area contributed by atoms with Crippen molar-refractivity contribution in [1.29, 1.82) is 0 Å². The van der Waals surface area contributed by atoms with E-state index in [1.54, 1.807) is 19.1 Å². The summed E-state index contributed by atoms with van der Waals surface area (Å²) in [5, 5.41) is 2.71. The molecule has 0 fully saturated rings. The summed E-state index contributed by atoms with van der Waals surface area (Å²) in [6.45, 7) is 6.75. The first-order valence-corrected chi connectivity index (χ1v) is 7.83. The third kappa shape index (κ3) is 7.95. The number of alkyl carbamates (subject to hydrolysis) is 1. The Labute approximate surface area is 138 Å². The lowest BCUT2D eigenvalue weighted by atomic mass is 10.1. The van der Waals surface area contributed by atoms with Gasteiger partial charge >= 0.3 is 6.09 Å². The van der Waals surface area contributed by atoms with Crippen LogP contribution in [0.2, 0.25) is 0 Å². The maximum atomic E-state index is 11.2. The highest BCUT2D eigenvalue weighted by Gasteiger charge is 2.02. The fourth-order valence-corrected chi connectivity index (χ4v) is 1.80. The number of carbonyl (C=O) groups is 1. The number of hydrogen-bond donors (Lipinski definition) is 2. The molecule has 0 spiro atoms. The van der Waals surface area contributed by atoms with Crippen LogP contribution in [-0.2, 0) is 4.74 Å². The number of rotatable bonds is 8. The van der Waals surface area contributed by atoms with E-state index in [9.17, 15) is 4.79 Å². The number of allylic oxidation sites excluding steroid dienone is 3. The number of anilines is 1. The molecule has 0 saturated heterocycles. The van der Waals surface area contributed by atoms with E-state index in [0.717, 1.165) is 17.9 Å². The topological polar surface area (TPSA) is 73.6 Å². The third-order valence-corrected chi connectivity index (χ3v) is 3.13. The summed E-state index contributed by atoms with van der Waals surface area (Å²) < 4.78 is 10.6. The van der Waals surface area contributed by atoms with Gasteiger partial charge in [-0.15, -0.1) is 0 Å². The Bertz CT molecular complexity index is 536. The molecule has 1 aromatic rings. The number of amides is 1. The van der Waals surface area contributed by atoms with Gasteiger partial charge in [-0.1, -0.05) is 13.0 Å². The average Bonchev–Trinajstić information content (AvgIpc) is 2.53. The van der Waals surface area contributed by atoms with Gasteiger partial charge < -0.3 is 20.5 Å². The van der Waals surface area contributed by atoms with Gasteiger partial charge in [-0.3, -0.25) is 0 Å². The molecule has 1 amide bonds. The summed E-state index contributed by atoms with van der Waals surface area (Å²) in [5.74, 6) is 1.82. The Kier molecular flexibility index (Phi) is 8.36. The zero-order valence-corrected chi connectivity index (χ0v) is 14.0. The van der Waals surface area contributed by atoms with E-state index in [2.05, 4.69) is 18.3 Å². The molecule has 0 aliphatic carbocycles. The molecule has 5 nitrogen and oxygen atoms in total. The van der Waals surface area contributed by atoms with Crippen LogP contribution in [0.25, 0.3) is 0 Å². The van der Waals surface area contributed by atoms with E-state index >= 15 is 0 Å². The molecule has 0 saturated carbocycles. The van der Waals surface area contributed by atoms with Gasteiger partial charge in [-0.2, -0.15) is 0 Å². The fourth-order valence-electron chi connectivity index (χ4n) is 1.80. The third-order valence-electron chi connectivity index (χ3n) is 3.13. The summed E-state index contributed by atoms with van der Waals surface area (Å²) in [4.78, 5) is 11.2. The fraction of sp³-hybridized carbons (Fsp3) is 0.389. The van der Waals surface area contributed by atoms with Crippen LogP contribution >= 0.6 is 0 Å². The van der Waals surface area contributed by atoms with Crippen molar-refractivity contribution in [2.75, 3.05) is 18.9 Å². The van der Waals surface area contributed by atoms with Crippen LogP contribution in [0.1, 0.15) is 27.2 Å². The SMILES string of the molecule is C/C=C(\C=C/C(C)CCNC(=O)OCC)Oc1ccc(N)cc1. The molecule has 23 heavy (non-hydrogen) atoms. The van der Waals surface area contributed by atoms with Crippen LogP contribution in [0.4, 0.5) is 10.5 Å². The molecule has 1 unspecified atom stereocenters. The minimum Gasteiger partial charge on any atom is -0.458 e. The number of nitrogens with two attached hydrogens (primary N) is 1. The molecule has 0 bridgehead atoms. The Morgan fingerprint density at radius 1 is 1.35 bits per heavy atom. The lowest BCUT2D eigenvalue weighted by Crippen LogP contribution is -2.26. The maximum Gasteiger partial charge on any atom is 0.407 e. The van der Waals surface area contributed by atoms with Crippen molar-refractivity contribution in [2.24, 2.45) is 5.92 Å². The van der Waals surface area contributed by atoms with Crippen molar-refractivity contribution in [3.8, 4) is 5.75 Å². The molecule has 126 valence electrons. The zero-order chi connectivity index (χ0) is 17.1. The average molecular weight is 318 g/mol. The van der Waals surface area contributed by atoms with Crippen molar-refractivity contribution in [1.82, 2.24) is 5.32 Å². The van der Waals surface area contributed by atoms with Crippen molar-refractivity contribution < 1.29 is 14.3 Å². The molecular weight excluding hydrogens is 292 g/mol. The first-order chi connectivity index (χ1) is 11.0. The number of carbonyl (C=O) groups excluding carboxylic acids is 1. The van der Waals surface area contributed by atoms with Gasteiger partial charge in [0.1, 0.15) is 11.5 Å². The van der Waals surface area contributed by atoms with E-state index in [0.29, 0.717) is 24.8 Å². The van der Waals surface area contributed by atoms with Crippen LogP contribution < -0.4 is 15.8 Å². The van der Waals surface area contributed by atoms with Gasteiger partial charge in [0.05, 0.1) is 6.61 Å². The van der Waals surface area contributed by atoms with Crippen LogP contribution in [-0.4, -0.2) is 19.2 Å². The van der Waals surface area contributed by atoms with Crippen LogP contribution in [0.5, 0.6) is 5.75 Å². The predicted molar refractivity (Wildman–Crippen MR) is 93.2 cm³/mol. The normalized spacial score (nSPS) is 12.9. The second-order valence-corrected chi connectivity index (χ2v) is 5.13. The Morgan fingerprint density at radius 3 is 2.65 bits per heavy atom. The Morgan fingerprint density at radius 2 is 2.04 bits per heavy atom. The van der Waals surface area contributed by atoms with Gasteiger partial charge in [0.15, 0.2) is 0 Å². The second-order valence-electron chi connectivity index (χ2n) is 5.13. The monoisotopic (exact) mass is 318 g/mol. The summed E-state index contributed by atoms with van der Waals surface area (Å²) in [6, 6.07) is 7.27. The van der Waals surface area contributed by atoms with E-state index in [4.69, 9.17) is 15.2 Å². The Balaban J connectivity index is 2.40. The molecule has 1 rings (SSSR count). The second kappa shape index (κ2) is 10.3. The van der Waals surface area contributed by atoms with Crippen LogP contribution in [0.15, 0.2) is 48.3 Å². The van der Waals surface area contributed by atoms with Crippen LogP contribution in [0, 0.1) is 5.92 Å². The molecule has 0 aliphatic rings. The lowest BCUT2D eigenvalue weighted by Gasteiger charge is -2.09. The highest BCUT2D eigenvalue weighted by molar-refractivity contribution is 5.66. The van der Waals surface area contributed by atoms with Crippen LogP contribution in [0.3, 0.4) is 0 Å². The highest BCUT2D eigenvalue weighted by atomic mass is 16.5. The summed E-state index contributed by atoms with van der Waals surface area (Å²) in [6.07, 6.45) is 6.35.